The van der Waals surface area contributed by atoms with Crippen molar-refractivity contribution in [3.05, 3.63) is 64.7 Å². The van der Waals surface area contributed by atoms with E-state index in [1.165, 1.54) is 4.31 Å². The Morgan fingerprint density at radius 1 is 1.19 bits per heavy atom. The van der Waals surface area contributed by atoms with Gasteiger partial charge in [-0.1, -0.05) is 48.7 Å². The normalized spacial score (nSPS) is 10.6. The molecule has 1 aromatic heterocycles. The highest BCUT2D eigenvalue weighted by Crippen LogP contribution is 2.28. The van der Waals surface area contributed by atoms with Gasteiger partial charge in [0.15, 0.2) is 0 Å². The fourth-order valence-electron chi connectivity index (χ4n) is 3.06. The molecule has 0 radical (unpaired) electrons. The van der Waals surface area contributed by atoms with Crippen molar-refractivity contribution >= 4 is 47.9 Å². The van der Waals surface area contributed by atoms with Crippen molar-refractivity contribution in [3.63, 3.8) is 0 Å². The van der Waals surface area contributed by atoms with Gasteiger partial charge in [0.1, 0.15) is 5.82 Å². The lowest BCUT2D eigenvalue weighted by Gasteiger charge is -2.16. The predicted octanol–water partition coefficient (Wildman–Crippen LogP) is 4.72. The molecule has 7 nitrogen and oxygen atoms in total. The third kappa shape index (κ3) is 5.80. The summed E-state index contributed by atoms with van der Waals surface area (Å²) in [6.07, 6.45) is 0.767. The highest BCUT2D eigenvalue weighted by Gasteiger charge is 2.11. The summed E-state index contributed by atoms with van der Waals surface area (Å²) < 4.78 is 1.29. The Morgan fingerprint density at radius 2 is 1.94 bits per heavy atom. The molecule has 0 fully saturated rings. The highest BCUT2D eigenvalue weighted by atomic mass is 35.5. The van der Waals surface area contributed by atoms with Crippen LogP contribution in [0.3, 0.4) is 0 Å². The lowest BCUT2D eigenvalue weighted by Crippen LogP contribution is -2.33. The smallest absolute Gasteiger partial charge is 0.331 e. The molecule has 2 amide bonds. The van der Waals surface area contributed by atoms with E-state index in [1.54, 1.807) is 0 Å². The third-order valence-corrected chi connectivity index (χ3v) is 5.53. The summed E-state index contributed by atoms with van der Waals surface area (Å²) in [4.78, 5) is 20.5. The molecule has 3 aromatic rings. The Kier molecular flexibility index (Phi) is 7.59. The van der Waals surface area contributed by atoms with E-state index in [1.807, 2.05) is 62.4 Å². The number of rotatable bonds is 7. The second kappa shape index (κ2) is 10.4. The van der Waals surface area contributed by atoms with Crippen molar-refractivity contribution < 1.29 is 4.79 Å². The van der Waals surface area contributed by atoms with Gasteiger partial charge < -0.3 is 16.4 Å². The van der Waals surface area contributed by atoms with E-state index in [0.29, 0.717) is 29.6 Å². The van der Waals surface area contributed by atoms with Crippen molar-refractivity contribution in [3.8, 4) is 11.3 Å². The van der Waals surface area contributed by atoms with Crippen LogP contribution in [-0.4, -0.2) is 29.1 Å². The van der Waals surface area contributed by atoms with Crippen LogP contribution in [0.5, 0.6) is 0 Å². The van der Waals surface area contributed by atoms with Crippen LogP contribution in [0.25, 0.3) is 11.3 Å². The largest absolute Gasteiger partial charge is 0.370 e. The molecule has 0 aliphatic carbocycles. The van der Waals surface area contributed by atoms with E-state index in [-0.39, 0.29) is 12.0 Å². The zero-order chi connectivity index (χ0) is 22.4. The molecule has 31 heavy (non-hydrogen) atoms. The van der Waals surface area contributed by atoms with Gasteiger partial charge in [-0.05, 0) is 49.6 Å². The van der Waals surface area contributed by atoms with Gasteiger partial charge in [0.25, 0.3) is 0 Å². The molecule has 9 heteroatoms. The molecule has 0 spiro atoms. The van der Waals surface area contributed by atoms with Gasteiger partial charge in [0, 0.05) is 29.7 Å². The number of halogens is 1. The zero-order valence-corrected chi connectivity index (χ0v) is 19.0. The highest BCUT2D eigenvalue weighted by molar-refractivity contribution is 7.82. The summed E-state index contributed by atoms with van der Waals surface area (Å²) in [5.41, 5.74) is 10.3. The molecule has 0 saturated heterocycles. The number of amides is 2. The van der Waals surface area contributed by atoms with E-state index >= 15 is 0 Å². The second-order valence-corrected chi connectivity index (χ2v) is 7.71. The average Bonchev–Trinajstić information content (AvgIpc) is 2.75. The Bertz CT molecular complexity index is 1060. The minimum atomic E-state index is -0.257. The number of nitrogen functional groups attached to an aromatic ring is 1. The Balaban J connectivity index is 1.64. The third-order valence-electron chi connectivity index (χ3n) is 4.71. The first kappa shape index (κ1) is 22.7. The lowest BCUT2D eigenvalue weighted by molar-refractivity contribution is 0.250. The number of carbonyl (C=O) groups is 1. The van der Waals surface area contributed by atoms with Crippen molar-refractivity contribution in [1.82, 2.24) is 15.3 Å². The molecule has 2 aromatic carbocycles. The summed E-state index contributed by atoms with van der Waals surface area (Å²) in [5.74, 6) is 0.847. The number of nitrogens with two attached hydrogens (primary N) is 1. The molecular formula is C22H25ClN6OS. The number of aromatic nitrogens is 2. The van der Waals surface area contributed by atoms with Gasteiger partial charge in [-0.3, -0.25) is 0 Å². The summed E-state index contributed by atoms with van der Waals surface area (Å²) in [6, 6.07) is 15.0. The second-order valence-electron chi connectivity index (χ2n) is 6.90. The number of nitrogens with one attached hydrogen (secondary N) is 2. The minimum Gasteiger partial charge on any atom is -0.370 e. The maximum absolute atomic E-state index is 11.9. The minimum absolute atomic E-state index is 0.197. The molecule has 162 valence electrons. The summed E-state index contributed by atoms with van der Waals surface area (Å²) in [6.45, 7) is 5.01. The van der Waals surface area contributed by atoms with E-state index in [4.69, 9.17) is 17.3 Å². The van der Waals surface area contributed by atoms with Gasteiger partial charge in [-0.25, -0.2) is 14.1 Å². The molecule has 1 heterocycles. The van der Waals surface area contributed by atoms with E-state index in [9.17, 15) is 4.79 Å². The molecule has 0 saturated carbocycles. The number of nitrogens with zero attached hydrogens (tertiary/aromatic N) is 3. The van der Waals surface area contributed by atoms with Gasteiger partial charge >= 0.3 is 6.03 Å². The zero-order valence-electron chi connectivity index (χ0n) is 17.4. The van der Waals surface area contributed by atoms with Crippen molar-refractivity contribution in [2.75, 3.05) is 28.4 Å². The number of anilines is 3. The standard InChI is InChI=1S/C22H25ClN6OS/c1-3-25-22(30)29(31)16-9-7-15(8-10-16)11-12-26-20-13-19(27-21(24)28-20)17-5-4-6-18(23)14(17)2/h4-10,13,31H,3,11-12H2,1-2H3,(H,25,30)(H3,24,26,27,28). The summed E-state index contributed by atoms with van der Waals surface area (Å²) in [7, 11) is 0. The van der Waals surface area contributed by atoms with Crippen molar-refractivity contribution in [1.29, 1.82) is 0 Å². The van der Waals surface area contributed by atoms with Gasteiger partial charge in [-0.2, -0.15) is 4.98 Å². The predicted molar refractivity (Wildman–Crippen MR) is 131 cm³/mol. The topological polar surface area (TPSA) is 96.2 Å². The van der Waals surface area contributed by atoms with Gasteiger partial charge in [-0.15, -0.1) is 0 Å². The Morgan fingerprint density at radius 3 is 2.65 bits per heavy atom. The van der Waals surface area contributed by atoms with Gasteiger partial charge in [0.2, 0.25) is 5.95 Å². The molecule has 3 rings (SSSR count). The average molecular weight is 457 g/mol. The Hall–Kier alpha value is -2.97. The number of hydrogen-bond donors (Lipinski definition) is 4. The number of carbonyl (C=O) groups excluding carboxylic acids is 1. The molecule has 0 unspecified atom stereocenters. The molecule has 0 atom stereocenters. The maximum Gasteiger partial charge on any atom is 0.331 e. The van der Waals surface area contributed by atoms with E-state index < -0.39 is 0 Å². The van der Waals surface area contributed by atoms with Crippen LogP contribution in [0.2, 0.25) is 5.02 Å². The summed E-state index contributed by atoms with van der Waals surface area (Å²) in [5, 5.41) is 6.69. The quantitative estimate of drug-likeness (QED) is 0.386. The molecular weight excluding hydrogens is 432 g/mol. The van der Waals surface area contributed by atoms with Crippen LogP contribution in [0.4, 0.5) is 22.2 Å². The molecule has 0 aliphatic heterocycles. The van der Waals surface area contributed by atoms with Crippen LogP contribution in [0, 0.1) is 6.92 Å². The fraction of sp³-hybridized carbons (Fsp3) is 0.227. The van der Waals surface area contributed by atoms with Crippen LogP contribution < -0.4 is 20.7 Å². The number of benzene rings is 2. The molecule has 0 bridgehead atoms. The van der Waals surface area contributed by atoms with E-state index in [2.05, 4.69) is 33.4 Å². The molecule has 4 N–H and O–H groups in total. The Labute approximate surface area is 192 Å². The fourth-order valence-corrected chi connectivity index (χ4v) is 3.44. The SMILES string of the molecule is CCNC(=O)N(S)c1ccc(CCNc2cc(-c3cccc(Cl)c3C)nc(N)n2)cc1. The van der Waals surface area contributed by atoms with Crippen LogP contribution in [0.15, 0.2) is 48.5 Å². The van der Waals surface area contributed by atoms with Crippen molar-refractivity contribution in [2.45, 2.75) is 20.3 Å². The van der Waals surface area contributed by atoms with Crippen LogP contribution >= 0.6 is 24.4 Å². The number of urea groups is 1. The van der Waals surface area contributed by atoms with E-state index in [0.717, 1.165) is 28.8 Å². The summed E-state index contributed by atoms with van der Waals surface area (Å²) >= 11 is 10.5. The maximum atomic E-state index is 11.9. The van der Waals surface area contributed by atoms with Gasteiger partial charge in [0.05, 0.1) is 11.4 Å². The van der Waals surface area contributed by atoms with Crippen LogP contribution in [-0.2, 0) is 6.42 Å². The first-order valence-electron chi connectivity index (χ1n) is 9.88. The molecule has 0 aliphatic rings. The lowest BCUT2D eigenvalue weighted by atomic mass is 10.1. The van der Waals surface area contributed by atoms with Crippen molar-refractivity contribution in [2.24, 2.45) is 0 Å². The monoisotopic (exact) mass is 456 g/mol. The van der Waals surface area contributed by atoms with Crippen LogP contribution in [0.1, 0.15) is 18.1 Å². The first-order valence-corrected chi connectivity index (χ1v) is 10.7. The first-order chi connectivity index (χ1) is 14.9. The number of thiol groups is 1. The number of hydrogen-bond acceptors (Lipinski definition) is 6.